The van der Waals surface area contributed by atoms with Gasteiger partial charge in [0, 0.05) is 19.5 Å². The van der Waals surface area contributed by atoms with Gasteiger partial charge in [0.05, 0.1) is 11.5 Å². The van der Waals surface area contributed by atoms with Crippen LogP contribution >= 0.6 is 0 Å². The maximum atomic E-state index is 12.5. The van der Waals surface area contributed by atoms with Crippen LogP contribution in [-0.4, -0.2) is 45.8 Å². The quantitative estimate of drug-likeness (QED) is 0.746. The molecule has 1 aromatic heterocycles. The molecule has 0 unspecified atom stereocenters. The predicted molar refractivity (Wildman–Crippen MR) is 101 cm³/mol. The van der Waals surface area contributed by atoms with E-state index < -0.39 is 24.0 Å². The van der Waals surface area contributed by atoms with Crippen molar-refractivity contribution in [2.75, 3.05) is 13.7 Å². The van der Waals surface area contributed by atoms with E-state index in [0.717, 1.165) is 23.9 Å². The zero-order valence-electron chi connectivity index (χ0n) is 16.0. The summed E-state index contributed by atoms with van der Waals surface area (Å²) in [6.07, 6.45) is 4.06. The van der Waals surface area contributed by atoms with Gasteiger partial charge in [-0.3, -0.25) is 9.59 Å². The molecule has 0 spiro atoms. The molecule has 1 aliphatic carbocycles. The molecule has 1 aromatic carbocycles. The number of nitrogens with zero attached hydrogens (tertiary/aromatic N) is 4. The van der Waals surface area contributed by atoms with Gasteiger partial charge in [-0.25, -0.2) is 9.48 Å². The van der Waals surface area contributed by atoms with Gasteiger partial charge < -0.3 is 9.64 Å². The van der Waals surface area contributed by atoms with Crippen LogP contribution in [0.1, 0.15) is 42.6 Å². The second-order valence-corrected chi connectivity index (χ2v) is 7.06. The molecule has 1 saturated carbocycles. The summed E-state index contributed by atoms with van der Waals surface area (Å²) in [7, 11) is 3.02. The van der Waals surface area contributed by atoms with Gasteiger partial charge in [-0.1, -0.05) is 37.5 Å². The Morgan fingerprint density at radius 3 is 2.54 bits per heavy atom. The van der Waals surface area contributed by atoms with Crippen molar-refractivity contribution in [3.8, 4) is 6.07 Å². The van der Waals surface area contributed by atoms with Gasteiger partial charge in [-0.15, -0.1) is 0 Å². The first-order chi connectivity index (χ1) is 13.4. The number of nitriles is 1. The van der Waals surface area contributed by atoms with Gasteiger partial charge in [-0.2, -0.15) is 10.4 Å². The number of hydrogen-bond donors (Lipinski definition) is 0. The average Bonchev–Trinajstić information content (AvgIpc) is 2.74. The van der Waals surface area contributed by atoms with Crippen molar-refractivity contribution in [2.45, 2.75) is 37.6 Å². The van der Waals surface area contributed by atoms with E-state index in [1.807, 2.05) is 0 Å². The second kappa shape index (κ2) is 7.80. The molecule has 0 radical (unpaired) electrons. The molecule has 0 N–H and O–H groups in total. The number of esters is 1. The summed E-state index contributed by atoms with van der Waals surface area (Å²) in [6.45, 7) is -0.488. The van der Waals surface area contributed by atoms with E-state index in [4.69, 9.17) is 4.74 Å². The minimum Gasteiger partial charge on any atom is -0.451 e. The molecule has 3 rings (SSSR count). The molecule has 0 aliphatic heterocycles. The highest BCUT2D eigenvalue weighted by atomic mass is 16.5. The number of aromatic nitrogens is 2. The monoisotopic (exact) mass is 382 g/mol. The number of benzene rings is 1. The molecule has 2 aromatic rings. The number of rotatable bonds is 4. The van der Waals surface area contributed by atoms with Crippen LogP contribution in [0.25, 0.3) is 10.8 Å². The van der Waals surface area contributed by atoms with Crippen molar-refractivity contribution in [1.29, 1.82) is 5.26 Å². The van der Waals surface area contributed by atoms with E-state index in [1.54, 1.807) is 31.3 Å². The van der Waals surface area contributed by atoms with Crippen molar-refractivity contribution in [2.24, 2.45) is 7.05 Å². The standard InChI is InChI=1S/C20H22N4O4/c1-23(20(13-21)10-6-3-7-11-20)16(25)12-28-19(27)17-14-8-4-5-9-15(14)18(26)24(2)22-17/h4-5,8-9H,3,6-7,10-12H2,1-2H3. The fourth-order valence-corrected chi connectivity index (χ4v) is 3.64. The summed E-state index contributed by atoms with van der Waals surface area (Å²) in [4.78, 5) is 38.6. The molecule has 1 amide bonds. The Bertz CT molecular complexity index is 1020. The van der Waals surface area contributed by atoms with Crippen molar-refractivity contribution in [3.63, 3.8) is 0 Å². The average molecular weight is 382 g/mol. The highest BCUT2D eigenvalue weighted by molar-refractivity contribution is 6.02. The van der Waals surface area contributed by atoms with E-state index in [1.165, 1.54) is 11.9 Å². The number of carbonyl (C=O) groups is 2. The maximum Gasteiger partial charge on any atom is 0.359 e. The zero-order chi connectivity index (χ0) is 20.3. The Labute approximate surface area is 162 Å². The first kappa shape index (κ1) is 19.5. The summed E-state index contributed by atoms with van der Waals surface area (Å²) in [5.74, 6) is -1.23. The summed E-state index contributed by atoms with van der Waals surface area (Å²) in [6, 6.07) is 8.88. The smallest absolute Gasteiger partial charge is 0.359 e. The van der Waals surface area contributed by atoms with Crippen molar-refractivity contribution in [3.05, 3.63) is 40.3 Å². The first-order valence-electron chi connectivity index (χ1n) is 9.21. The Morgan fingerprint density at radius 1 is 1.25 bits per heavy atom. The van der Waals surface area contributed by atoms with Crippen molar-refractivity contribution >= 4 is 22.6 Å². The molecule has 28 heavy (non-hydrogen) atoms. The number of ether oxygens (including phenoxy) is 1. The van der Waals surface area contributed by atoms with Crippen LogP contribution in [0, 0.1) is 11.3 Å². The van der Waals surface area contributed by atoms with Crippen LogP contribution in [-0.2, 0) is 16.6 Å². The fourth-order valence-electron chi connectivity index (χ4n) is 3.64. The highest BCUT2D eigenvalue weighted by Crippen LogP contribution is 2.32. The van der Waals surface area contributed by atoms with E-state index in [2.05, 4.69) is 11.2 Å². The Kier molecular flexibility index (Phi) is 5.45. The van der Waals surface area contributed by atoms with E-state index in [-0.39, 0.29) is 11.3 Å². The van der Waals surface area contributed by atoms with Gasteiger partial charge >= 0.3 is 5.97 Å². The first-order valence-corrected chi connectivity index (χ1v) is 9.21. The lowest BCUT2D eigenvalue weighted by atomic mass is 9.81. The van der Waals surface area contributed by atoms with Crippen LogP contribution in [0.3, 0.4) is 0 Å². The summed E-state index contributed by atoms with van der Waals surface area (Å²) in [5, 5.41) is 14.3. The summed E-state index contributed by atoms with van der Waals surface area (Å²) in [5.41, 5.74) is -1.19. The van der Waals surface area contributed by atoms with E-state index >= 15 is 0 Å². The normalized spacial score (nSPS) is 15.6. The molecule has 8 nitrogen and oxygen atoms in total. The van der Waals surface area contributed by atoms with Crippen LogP contribution in [0.15, 0.2) is 29.1 Å². The molecule has 8 heteroatoms. The predicted octanol–water partition coefficient (Wildman–Crippen LogP) is 1.78. The molecular weight excluding hydrogens is 360 g/mol. The third-order valence-corrected chi connectivity index (χ3v) is 5.38. The van der Waals surface area contributed by atoms with Gasteiger partial charge in [-0.05, 0) is 18.9 Å². The topological polar surface area (TPSA) is 105 Å². The van der Waals surface area contributed by atoms with Gasteiger partial charge in [0.2, 0.25) is 0 Å². The molecule has 0 bridgehead atoms. The SMILES string of the molecule is CN(C(=O)COC(=O)c1nn(C)c(=O)c2ccccc12)C1(C#N)CCCCC1. The lowest BCUT2D eigenvalue weighted by Crippen LogP contribution is -2.51. The van der Waals surface area contributed by atoms with Crippen molar-refractivity contribution < 1.29 is 14.3 Å². The Hall–Kier alpha value is -3.21. The Morgan fingerprint density at radius 2 is 1.89 bits per heavy atom. The van der Waals surface area contributed by atoms with Crippen LogP contribution < -0.4 is 5.56 Å². The highest BCUT2D eigenvalue weighted by Gasteiger charge is 2.39. The fraction of sp³-hybridized carbons (Fsp3) is 0.450. The van der Waals surface area contributed by atoms with Crippen LogP contribution in [0.5, 0.6) is 0 Å². The van der Waals surface area contributed by atoms with E-state index in [9.17, 15) is 19.6 Å². The van der Waals surface area contributed by atoms with Gasteiger partial charge in [0.15, 0.2) is 12.3 Å². The minimum absolute atomic E-state index is 0.0270. The molecule has 1 fully saturated rings. The zero-order valence-corrected chi connectivity index (χ0v) is 16.0. The molecular formula is C20H22N4O4. The molecule has 1 heterocycles. The number of amides is 1. The van der Waals surface area contributed by atoms with Crippen molar-refractivity contribution in [1.82, 2.24) is 14.7 Å². The maximum absolute atomic E-state index is 12.5. The van der Waals surface area contributed by atoms with Gasteiger partial charge in [0.1, 0.15) is 5.54 Å². The molecule has 1 aliphatic rings. The number of fused-ring (bicyclic) bond motifs is 1. The van der Waals surface area contributed by atoms with Gasteiger partial charge in [0.25, 0.3) is 11.5 Å². The molecule has 146 valence electrons. The Balaban J connectivity index is 1.77. The van der Waals surface area contributed by atoms with Crippen LogP contribution in [0.4, 0.5) is 0 Å². The molecule has 0 saturated heterocycles. The number of aryl methyl sites for hydroxylation is 1. The number of hydrogen-bond acceptors (Lipinski definition) is 6. The summed E-state index contributed by atoms with van der Waals surface area (Å²) >= 11 is 0. The third kappa shape index (κ3) is 3.48. The van der Waals surface area contributed by atoms with Crippen LogP contribution in [0.2, 0.25) is 0 Å². The molecule has 0 atom stereocenters. The number of carbonyl (C=O) groups excluding carboxylic acids is 2. The largest absolute Gasteiger partial charge is 0.451 e. The number of likely N-dealkylation sites (N-methyl/N-ethyl adjacent to an activating group) is 1. The second-order valence-electron chi connectivity index (χ2n) is 7.06. The lowest BCUT2D eigenvalue weighted by Gasteiger charge is -2.38. The summed E-state index contributed by atoms with van der Waals surface area (Å²) < 4.78 is 6.25. The third-order valence-electron chi connectivity index (χ3n) is 5.38. The minimum atomic E-state index is -0.844. The van der Waals surface area contributed by atoms with E-state index in [0.29, 0.717) is 23.6 Å². The lowest BCUT2D eigenvalue weighted by molar-refractivity contribution is -0.138.